The van der Waals surface area contributed by atoms with E-state index in [0.29, 0.717) is 12.5 Å². The molecule has 0 bridgehead atoms. The van der Waals surface area contributed by atoms with Gasteiger partial charge < -0.3 is 11.1 Å². The van der Waals surface area contributed by atoms with E-state index < -0.39 is 0 Å². The zero-order chi connectivity index (χ0) is 17.8. The summed E-state index contributed by atoms with van der Waals surface area (Å²) in [6, 6.07) is 10.3. The monoisotopic (exact) mass is 346 g/mol. The maximum Gasteiger partial charge on any atom is 0.193 e. The van der Waals surface area contributed by atoms with Crippen LogP contribution in [0.5, 0.6) is 0 Å². The maximum atomic E-state index is 6.10. The predicted octanol–water partition coefficient (Wildman–Crippen LogP) is 3.07. The van der Waals surface area contributed by atoms with Gasteiger partial charge in [-0.3, -0.25) is 4.57 Å². The van der Waals surface area contributed by atoms with E-state index in [0.717, 1.165) is 29.9 Å². The highest BCUT2D eigenvalue weighted by molar-refractivity contribution is 5.93. The molecule has 1 aromatic carbocycles. The van der Waals surface area contributed by atoms with Gasteiger partial charge in [0.15, 0.2) is 5.96 Å². The molecule has 0 aliphatic heterocycles. The van der Waals surface area contributed by atoms with E-state index >= 15 is 0 Å². The molecule has 0 saturated heterocycles. The molecule has 3 N–H and O–H groups in total. The number of pyridine rings is 1. The molecule has 1 aliphatic rings. The maximum absolute atomic E-state index is 6.10. The van der Waals surface area contributed by atoms with Gasteiger partial charge in [-0.1, -0.05) is 18.2 Å². The lowest BCUT2D eigenvalue weighted by atomic mass is 9.90. The van der Waals surface area contributed by atoms with Crippen molar-refractivity contribution >= 4 is 11.6 Å². The molecule has 4 rings (SSSR count). The van der Waals surface area contributed by atoms with Crippen molar-refractivity contribution in [3.05, 3.63) is 71.9 Å². The Morgan fingerprint density at radius 1 is 1.19 bits per heavy atom. The number of nitrogens with one attached hydrogen (secondary N) is 1. The van der Waals surface area contributed by atoms with Crippen molar-refractivity contribution in [3.63, 3.8) is 0 Å². The van der Waals surface area contributed by atoms with Gasteiger partial charge in [0.2, 0.25) is 0 Å². The number of hydrogen-bond donors (Lipinski definition) is 2. The topological polar surface area (TPSA) is 81.1 Å². The number of fused-ring (bicyclic) bond motifs is 1. The molecule has 3 aromatic rings. The summed E-state index contributed by atoms with van der Waals surface area (Å²) in [7, 11) is 0. The number of rotatable bonds is 4. The first kappa shape index (κ1) is 16.3. The highest BCUT2D eigenvalue weighted by Gasteiger charge is 2.13. The summed E-state index contributed by atoms with van der Waals surface area (Å²) < 4.78 is 1.86. The summed E-state index contributed by atoms with van der Waals surface area (Å²) >= 11 is 0. The molecular formula is C20H22N6. The molecule has 6 heteroatoms. The van der Waals surface area contributed by atoms with Crippen LogP contribution in [0.3, 0.4) is 0 Å². The number of aliphatic imine (C=N–C) groups is 1. The Balaban J connectivity index is 1.43. The van der Waals surface area contributed by atoms with Gasteiger partial charge in [-0.25, -0.2) is 15.0 Å². The fourth-order valence-corrected chi connectivity index (χ4v) is 3.31. The molecule has 1 aliphatic carbocycles. The highest BCUT2D eigenvalue weighted by Crippen LogP contribution is 2.27. The summed E-state index contributed by atoms with van der Waals surface area (Å²) in [4.78, 5) is 12.9. The third-order valence-corrected chi connectivity index (χ3v) is 4.67. The second-order valence-corrected chi connectivity index (χ2v) is 6.47. The molecule has 0 unspecified atom stereocenters. The van der Waals surface area contributed by atoms with Crippen molar-refractivity contribution in [1.29, 1.82) is 0 Å². The molecule has 26 heavy (non-hydrogen) atoms. The van der Waals surface area contributed by atoms with Crippen molar-refractivity contribution in [2.24, 2.45) is 10.7 Å². The highest BCUT2D eigenvalue weighted by atomic mass is 15.1. The summed E-state index contributed by atoms with van der Waals surface area (Å²) in [5.41, 5.74) is 11.0. The average molecular weight is 346 g/mol. The van der Waals surface area contributed by atoms with Crippen molar-refractivity contribution in [1.82, 2.24) is 14.5 Å². The third-order valence-electron chi connectivity index (χ3n) is 4.67. The van der Waals surface area contributed by atoms with Crippen molar-refractivity contribution < 1.29 is 0 Å². The molecule has 0 saturated carbocycles. The van der Waals surface area contributed by atoms with E-state index in [1.807, 2.05) is 29.1 Å². The first-order chi connectivity index (χ1) is 12.8. The number of nitrogens with zero attached hydrogens (tertiary/aromatic N) is 4. The van der Waals surface area contributed by atoms with Crippen molar-refractivity contribution in [2.45, 2.75) is 32.2 Å². The Morgan fingerprint density at radius 2 is 2.12 bits per heavy atom. The van der Waals surface area contributed by atoms with Crippen LogP contribution in [0.25, 0.3) is 5.82 Å². The number of aromatic nitrogens is 3. The van der Waals surface area contributed by atoms with E-state index in [1.54, 1.807) is 12.5 Å². The van der Waals surface area contributed by atoms with Gasteiger partial charge in [0.05, 0.1) is 6.54 Å². The van der Waals surface area contributed by atoms with Crippen LogP contribution in [0.2, 0.25) is 0 Å². The molecule has 2 heterocycles. The Bertz CT molecular complexity index is 897. The van der Waals surface area contributed by atoms with Crippen LogP contribution in [0.4, 0.5) is 5.69 Å². The van der Waals surface area contributed by atoms with Gasteiger partial charge in [-0.15, -0.1) is 0 Å². The molecule has 0 radical (unpaired) electrons. The predicted molar refractivity (Wildman–Crippen MR) is 103 cm³/mol. The second kappa shape index (κ2) is 7.39. The molecule has 132 valence electrons. The van der Waals surface area contributed by atoms with Crippen molar-refractivity contribution in [2.75, 3.05) is 5.32 Å². The van der Waals surface area contributed by atoms with Gasteiger partial charge in [-0.05, 0) is 54.5 Å². The van der Waals surface area contributed by atoms with E-state index in [9.17, 15) is 0 Å². The quantitative estimate of drug-likeness (QED) is 0.562. The van der Waals surface area contributed by atoms with E-state index in [2.05, 4.69) is 38.5 Å². The number of benzene rings is 1. The number of imidazole rings is 1. The molecular weight excluding hydrogens is 324 g/mol. The number of aryl methyl sites for hydroxylation is 1. The van der Waals surface area contributed by atoms with Gasteiger partial charge in [0, 0.05) is 24.3 Å². The fraction of sp³-hybridized carbons (Fsp3) is 0.250. The standard InChI is InChI=1S/C20H22N6/c21-20(25-18-7-3-5-16-4-1-2-6-17(16)18)24-13-15-8-9-19(23-12-15)26-11-10-22-14-26/h3,5,7-12,14H,1-2,4,6,13H2,(H3,21,24,25). The minimum atomic E-state index is 0.433. The van der Waals surface area contributed by atoms with Gasteiger partial charge in [-0.2, -0.15) is 0 Å². The van der Waals surface area contributed by atoms with E-state index in [4.69, 9.17) is 5.73 Å². The third kappa shape index (κ3) is 3.59. The smallest absolute Gasteiger partial charge is 0.193 e. The van der Waals surface area contributed by atoms with E-state index in [-0.39, 0.29) is 0 Å². The Labute approximate surface area is 152 Å². The Morgan fingerprint density at radius 3 is 2.92 bits per heavy atom. The number of hydrogen-bond acceptors (Lipinski definition) is 3. The van der Waals surface area contributed by atoms with Crippen LogP contribution in [0.15, 0.2) is 60.2 Å². The lowest BCUT2D eigenvalue weighted by Crippen LogP contribution is -2.24. The van der Waals surface area contributed by atoms with Crippen LogP contribution >= 0.6 is 0 Å². The number of guanidine groups is 1. The lowest BCUT2D eigenvalue weighted by molar-refractivity contribution is 0.687. The zero-order valence-electron chi connectivity index (χ0n) is 14.6. The van der Waals surface area contributed by atoms with Gasteiger partial charge in [0.25, 0.3) is 0 Å². The van der Waals surface area contributed by atoms with Crippen LogP contribution < -0.4 is 11.1 Å². The minimum Gasteiger partial charge on any atom is -0.370 e. The summed E-state index contributed by atoms with van der Waals surface area (Å²) in [6.45, 7) is 0.491. The zero-order valence-corrected chi connectivity index (χ0v) is 14.6. The van der Waals surface area contributed by atoms with Gasteiger partial charge >= 0.3 is 0 Å². The SMILES string of the molecule is NC(=NCc1ccc(-n2ccnc2)nc1)Nc1cccc2c1CCCC2. The summed E-state index contributed by atoms with van der Waals surface area (Å²) in [5.74, 6) is 1.26. The van der Waals surface area contributed by atoms with Crippen molar-refractivity contribution in [3.8, 4) is 5.82 Å². The van der Waals surface area contributed by atoms with Crippen LogP contribution in [0.1, 0.15) is 29.5 Å². The minimum absolute atomic E-state index is 0.433. The molecule has 6 nitrogen and oxygen atoms in total. The molecule has 0 fully saturated rings. The largest absolute Gasteiger partial charge is 0.370 e. The fourth-order valence-electron chi connectivity index (χ4n) is 3.31. The van der Waals surface area contributed by atoms with Crippen LogP contribution in [0, 0.1) is 0 Å². The summed E-state index contributed by atoms with van der Waals surface area (Å²) in [6.07, 6.45) is 11.9. The van der Waals surface area contributed by atoms with Crippen LogP contribution in [-0.2, 0) is 19.4 Å². The first-order valence-corrected chi connectivity index (χ1v) is 8.90. The lowest BCUT2D eigenvalue weighted by Gasteiger charge is -2.19. The Kier molecular flexibility index (Phi) is 4.64. The normalized spacial score (nSPS) is 14.1. The summed E-state index contributed by atoms with van der Waals surface area (Å²) in [5, 5.41) is 3.27. The van der Waals surface area contributed by atoms with E-state index in [1.165, 1.54) is 24.0 Å². The number of anilines is 1. The first-order valence-electron chi connectivity index (χ1n) is 8.90. The van der Waals surface area contributed by atoms with Gasteiger partial charge in [0.1, 0.15) is 12.1 Å². The Hall–Kier alpha value is -3.15. The second-order valence-electron chi connectivity index (χ2n) is 6.47. The number of nitrogens with two attached hydrogens (primary N) is 1. The molecule has 0 spiro atoms. The van der Waals surface area contributed by atoms with Crippen LogP contribution in [-0.4, -0.2) is 20.5 Å². The molecule has 0 amide bonds. The molecule has 2 aromatic heterocycles. The average Bonchev–Trinajstić information content (AvgIpc) is 3.22. The molecule has 0 atom stereocenters.